The molecule has 0 amide bonds. The summed E-state index contributed by atoms with van der Waals surface area (Å²) in [5.74, 6) is 0.0180. The summed E-state index contributed by atoms with van der Waals surface area (Å²) in [4.78, 5) is 11.1. The Kier molecular flexibility index (Phi) is 6.96. The standard InChI is InChI=1S/C9H19N3O/c1-3-5-7-11-12-9(10)8(13)6-4-2/h11H,3-7H2,1-2H3,(H2,10,12). The van der Waals surface area contributed by atoms with Crippen molar-refractivity contribution < 1.29 is 4.79 Å². The molecule has 0 aliphatic rings. The largest absolute Gasteiger partial charge is 0.379 e. The molecule has 0 aromatic carbocycles. The SMILES string of the molecule is CCCCN/N=C(\N)C(=O)CCC. The lowest BCUT2D eigenvalue weighted by Crippen LogP contribution is -2.27. The molecule has 0 fully saturated rings. The van der Waals surface area contributed by atoms with Crippen LogP contribution in [-0.4, -0.2) is 18.2 Å². The van der Waals surface area contributed by atoms with Crippen LogP contribution in [0, 0.1) is 0 Å². The summed E-state index contributed by atoms with van der Waals surface area (Å²) >= 11 is 0. The van der Waals surface area contributed by atoms with E-state index in [0.29, 0.717) is 6.42 Å². The van der Waals surface area contributed by atoms with Crippen LogP contribution in [0.15, 0.2) is 5.10 Å². The van der Waals surface area contributed by atoms with Gasteiger partial charge in [0.2, 0.25) is 0 Å². The van der Waals surface area contributed by atoms with Gasteiger partial charge in [0, 0.05) is 13.0 Å². The summed E-state index contributed by atoms with van der Waals surface area (Å²) in [5, 5.41) is 3.78. The fraction of sp³-hybridized carbons (Fsp3) is 0.778. The lowest BCUT2D eigenvalue weighted by Gasteiger charge is -2.00. The highest BCUT2D eigenvalue weighted by Crippen LogP contribution is 1.88. The number of hydrogen-bond acceptors (Lipinski definition) is 3. The summed E-state index contributed by atoms with van der Waals surface area (Å²) in [6.07, 6.45) is 3.43. The summed E-state index contributed by atoms with van der Waals surface area (Å²) in [6.45, 7) is 4.81. The van der Waals surface area contributed by atoms with Gasteiger partial charge in [0.05, 0.1) is 0 Å². The minimum absolute atomic E-state index is 0.0773. The number of carbonyl (C=O) groups is 1. The lowest BCUT2D eigenvalue weighted by molar-refractivity contribution is -0.113. The Morgan fingerprint density at radius 2 is 2.08 bits per heavy atom. The zero-order valence-corrected chi connectivity index (χ0v) is 8.47. The highest BCUT2D eigenvalue weighted by molar-refractivity contribution is 6.38. The lowest BCUT2D eigenvalue weighted by atomic mass is 10.2. The number of nitrogens with two attached hydrogens (primary N) is 1. The van der Waals surface area contributed by atoms with Gasteiger partial charge in [-0.25, -0.2) is 0 Å². The van der Waals surface area contributed by atoms with Crippen LogP contribution in [0.3, 0.4) is 0 Å². The smallest absolute Gasteiger partial charge is 0.199 e. The molecule has 0 unspecified atom stereocenters. The maximum absolute atomic E-state index is 11.1. The maximum atomic E-state index is 11.1. The Balaban J connectivity index is 3.67. The summed E-state index contributed by atoms with van der Waals surface area (Å²) in [5.41, 5.74) is 8.19. The van der Waals surface area contributed by atoms with Crippen molar-refractivity contribution in [3.8, 4) is 0 Å². The predicted molar refractivity (Wildman–Crippen MR) is 54.4 cm³/mol. The Morgan fingerprint density at radius 3 is 2.62 bits per heavy atom. The van der Waals surface area contributed by atoms with E-state index in [9.17, 15) is 4.79 Å². The van der Waals surface area contributed by atoms with E-state index in [-0.39, 0.29) is 11.6 Å². The van der Waals surface area contributed by atoms with Crippen molar-refractivity contribution in [1.82, 2.24) is 5.43 Å². The molecule has 3 N–H and O–H groups in total. The number of Topliss-reactive ketones (excluding diaryl/α,β-unsaturated/α-hetero) is 1. The minimum atomic E-state index is -0.0773. The van der Waals surface area contributed by atoms with E-state index in [1.165, 1.54) is 0 Å². The number of amidine groups is 1. The van der Waals surface area contributed by atoms with Crippen LogP contribution >= 0.6 is 0 Å². The van der Waals surface area contributed by atoms with Gasteiger partial charge in [-0.3, -0.25) is 4.79 Å². The molecule has 0 aromatic rings. The molecule has 0 aliphatic carbocycles. The van der Waals surface area contributed by atoms with Crippen molar-refractivity contribution in [2.24, 2.45) is 10.8 Å². The maximum Gasteiger partial charge on any atom is 0.199 e. The van der Waals surface area contributed by atoms with Crippen LogP contribution < -0.4 is 11.2 Å². The van der Waals surface area contributed by atoms with Crippen LogP contribution in [0.25, 0.3) is 0 Å². The number of nitrogens with one attached hydrogen (secondary N) is 1. The highest BCUT2D eigenvalue weighted by Gasteiger charge is 2.04. The first-order chi connectivity index (χ1) is 6.22. The molecule has 0 heterocycles. The topological polar surface area (TPSA) is 67.5 Å². The first-order valence-corrected chi connectivity index (χ1v) is 4.81. The van der Waals surface area contributed by atoms with Crippen molar-refractivity contribution >= 4 is 11.6 Å². The van der Waals surface area contributed by atoms with E-state index < -0.39 is 0 Å². The van der Waals surface area contributed by atoms with E-state index in [4.69, 9.17) is 5.73 Å². The van der Waals surface area contributed by atoms with E-state index in [1.807, 2.05) is 6.92 Å². The van der Waals surface area contributed by atoms with Crippen LogP contribution in [0.1, 0.15) is 39.5 Å². The number of ketones is 1. The van der Waals surface area contributed by atoms with Crippen molar-refractivity contribution in [3.63, 3.8) is 0 Å². The summed E-state index contributed by atoms with van der Waals surface area (Å²) in [7, 11) is 0. The van der Waals surface area contributed by atoms with E-state index in [1.54, 1.807) is 0 Å². The Morgan fingerprint density at radius 1 is 1.38 bits per heavy atom. The van der Waals surface area contributed by atoms with Crippen molar-refractivity contribution in [2.45, 2.75) is 39.5 Å². The van der Waals surface area contributed by atoms with E-state index in [2.05, 4.69) is 17.5 Å². The van der Waals surface area contributed by atoms with Gasteiger partial charge in [0.1, 0.15) is 0 Å². The molecule has 0 aromatic heterocycles. The summed E-state index contributed by atoms with van der Waals surface area (Å²) < 4.78 is 0. The number of rotatable bonds is 7. The zero-order valence-electron chi connectivity index (χ0n) is 8.47. The number of hydrazone groups is 1. The van der Waals surface area contributed by atoms with E-state index >= 15 is 0 Å². The highest BCUT2D eigenvalue weighted by atomic mass is 16.1. The fourth-order valence-corrected chi connectivity index (χ4v) is 0.814. The monoisotopic (exact) mass is 185 g/mol. The number of unbranched alkanes of at least 4 members (excludes halogenated alkanes) is 1. The minimum Gasteiger partial charge on any atom is -0.379 e. The quantitative estimate of drug-likeness (QED) is 0.269. The van der Waals surface area contributed by atoms with Crippen molar-refractivity contribution in [2.75, 3.05) is 6.54 Å². The molecule has 0 spiro atoms. The van der Waals surface area contributed by atoms with Gasteiger partial charge < -0.3 is 11.2 Å². The second-order valence-corrected chi connectivity index (χ2v) is 2.93. The van der Waals surface area contributed by atoms with Crippen LogP contribution in [0.2, 0.25) is 0 Å². The van der Waals surface area contributed by atoms with Gasteiger partial charge in [-0.2, -0.15) is 5.10 Å². The second-order valence-electron chi connectivity index (χ2n) is 2.93. The fourth-order valence-electron chi connectivity index (χ4n) is 0.814. The molecule has 0 rings (SSSR count). The van der Waals surface area contributed by atoms with Gasteiger partial charge in [-0.05, 0) is 12.8 Å². The predicted octanol–water partition coefficient (Wildman–Crippen LogP) is 1.02. The molecular formula is C9H19N3O. The van der Waals surface area contributed by atoms with Crippen molar-refractivity contribution in [3.05, 3.63) is 0 Å². The van der Waals surface area contributed by atoms with E-state index in [0.717, 1.165) is 25.8 Å². The van der Waals surface area contributed by atoms with Gasteiger partial charge in [0.15, 0.2) is 11.6 Å². The molecule has 0 radical (unpaired) electrons. The average molecular weight is 185 g/mol. The molecule has 0 saturated carbocycles. The third kappa shape index (κ3) is 6.13. The number of carbonyl (C=O) groups excluding carboxylic acids is 1. The first kappa shape index (κ1) is 11.9. The average Bonchev–Trinajstić information content (AvgIpc) is 2.12. The van der Waals surface area contributed by atoms with Crippen LogP contribution in [0.4, 0.5) is 0 Å². The number of nitrogens with zero attached hydrogens (tertiary/aromatic N) is 1. The third-order valence-corrected chi connectivity index (χ3v) is 1.60. The Bertz CT molecular complexity index is 178. The normalized spacial score (nSPS) is 11.4. The number of hydrogen-bond donors (Lipinski definition) is 2. The summed E-state index contributed by atoms with van der Waals surface area (Å²) in [6, 6.07) is 0. The molecule has 0 atom stereocenters. The molecule has 13 heavy (non-hydrogen) atoms. The molecule has 0 aliphatic heterocycles. The van der Waals surface area contributed by atoms with Gasteiger partial charge in [0.25, 0.3) is 0 Å². The van der Waals surface area contributed by atoms with Crippen LogP contribution in [0.5, 0.6) is 0 Å². The Hall–Kier alpha value is -1.06. The van der Waals surface area contributed by atoms with Gasteiger partial charge in [-0.1, -0.05) is 20.3 Å². The van der Waals surface area contributed by atoms with Gasteiger partial charge in [-0.15, -0.1) is 0 Å². The van der Waals surface area contributed by atoms with Crippen LogP contribution in [-0.2, 0) is 4.79 Å². The van der Waals surface area contributed by atoms with Crippen molar-refractivity contribution in [1.29, 1.82) is 0 Å². The molecule has 0 saturated heterocycles. The first-order valence-electron chi connectivity index (χ1n) is 4.81. The Labute approximate surface area is 79.6 Å². The molecule has 4 nitrogen and oxygen atoms in total. The molecular weight excluding hydrogens is 166 g/mol. The van der Waals surface area contributed by atoms with Gasteiger partial charge >= 0.3 is 0 Å². The third-order valence-electron chi connectivity index (χ3n) is 1.60. The molecule has 0 bridgehead atoms. The molecule has 76 valence electrons. The molecule has 4 heteroatoms. The zero-order chi connectivity index (χ0) is 10.1. The second kappa shape index (κ2) is 7.58.